The molecule has 0 aromatic rings. The van der Waals surface area contributed by atoms with Gasteiger partial charge in [0.2, 0.25) is 5.79 Å². The molecule has 1 saturated carbocycles. The number of hydrogen-bond acceptors (Lipinski definition) is 10. The monoisotopic (exact) mass is 675 g/mol. The van der Waals surface area contributed by atoms with Crippen molar-refractivity contribution in [1.29, 1.82) is 0 Å². The van der Waals surface area contributed by atoms with Gasteiger partial charge in [-0.05, 0) is 101 Å². The van der Waals surface area contributed by atoms with Crippen molar-refractivity contribution >= 4 is 23.4 Å². The highest BCUT2D eigenvalue weighted by atomic mass is 16.6. The van der Waals surface area contributed by atoms with Crippen molar-refractivity contribution < 1.29 is 49.1 Å². The topological polar surface area (TPSA) is 171 Å². The molecule has 2 bridgehead atoms. The fourth-order valence-electron chi connectivity index (χ4n) is 7.73. The summed E-state index contributed by atoms with van der Waals surface area (Å²) < 4.78 is 12.1. The number of rotatable bonds is 3. The summed E-state index contributed by atoms with van der Waals surface area (Å²) in [5.74, 6) is -7.02. The highest BCUT2D eigenvalue weighted by molar-refractivity contribution is 6.39. The molecule has 12 atom stereocenters. The van der Waals surface area contributed by atoms with Crippen molar-refractivity contribution in [1.82, 2.24) is 4.90 Å². The van der Waals surface area contributed by atoms with Gasteiger partial charge in [-0.3, -0.25) is 14.4 Å². The number of carbonyl (C=O) groups is 4. The minimum atomic E-state index is -2.43. The van der Waals surface area contributed by atoms with E-state index in [4.69, 9.17) is 9.47 Å². The van der Waals surface area contributed by atoms with Crippen LogP contribution in [-0.2, 0) is 28.7 Å². The SMILES string of the molecule is C[C@@H]1/C=C/CC/C=C/C(=O)[C@H](C)[C@@H]2CC[C@@H](C)[C@@](O)(O2)C(=O)C(=O)N2CCCC[C@H]2C(=O)O[C@H]([C@H](C)C[C@@H]2CC[C@@H](O)[C@H](O)[C@H]2O)CC1. The van der Waals surface area contributed by atoms with Gasteiger partial charge in [0.1, 0.15) is 18.2 Å². The number of nitrogens with zero attached hydrogens (tertiary/aromatic N) is 1. The van der Waals surface area contributed by atoms with Crippen molar-refractivity contribution in [2.75, 3.05) is 6.54 Å². The van der Waals surface area contributed by atoms with Crippen LogP contribution in [0, 0.1) is 29.6 Å². The third-order valence-corrected chi connectivity index (χ3v) is 11.2. The standard InChI is InChI=1S/C37H57NO10/c1-22-11-7-5-6-8-13-28(39)25(4)31-19-15-24(3)37(46,48-31)34(43)35(44)38-20-10-9-12-27(38)36(45)47-30(18-14-22)23(2)21-26-16-17-29(40)33(42)32(26)41/h7-8,11,13,22-27,29-33,40-42,46H,5-6,9-10,12,14-21H2,1-4H3/b11-7+,13-8+/t22-,23-,24-,25+,26+,27+,29-,30+,31+,32+,33+,37-/m1/s1. The van der Waals surface area contributed by atoms with Crippen LogP contribution in [0.4, 0.5) is 0 Å². The van der Waals surface area contributed by atoms with Gasteiger partial charge in [-0.1, -0.05) is 45.9 Å². The average Bonchev–Trinajstić information content (AvgIpc) is 3.07. The lowest BCUT2D eigenvalue weighted by molar-refractivity contribution is -0.268. The molecule has 3 aliphatic heterocycles. The molecule has 270 valence electrons. The molecule has 48 heavy (non-hydrogen) atoms. The third-order valence-electron chi connectivity index (χ3n) is 11.2. The molecule has 4 N–H and O–H groups in total. The predicted octanol–water partition coefficient (Wildman–Crippen LogP) is 3.40. The van der Waals surface area contributed by atoms with E-state index in [2.05, 4.69) is 19.1 Å². The highest BCUT2D eigenvalue weighted by Crippen LogP contribution is 2.38. The number of carbonyl (C=O) groups excluding carboxylic acids is 4. The van der Waals surface area contributed by atoms with Gasteiger partial charge in [0, 0.05) is 18.4 Å². The van der Waals surface area contributed by atoms with Gasteiger partial charge in [-0.25, -0.2) is 4.79 Å². The lowest BCUT2D eigenvalue weighted by atomic mass is 9.76. The molecule has 0 unspecified atom stereocenters. The Morgan fingerprint density at radius 2 is 1.62 bits per heavy atom. The first-order valence-corrected chi connectivity index (χ1v) is 18.1. The molecular formula is C37H57NO10. The summed E-state index contributed by atoms with van der Waals surface area (Å²) in [6.45, 7) is 7.51. The van der Waals surface area contributed by atoms with Crippen molar-refractivity contribution in [2.45, 2.75) is 147 Å². The zero-order chi connectivity index (χ0) is 35.2. The van der Waals surface area contributed by atoms with Crippen LogP contribution in [0.3, 0.4) is 0 Å². The summed E-state index contributed by atoms with van der Waals surface area (Å²) in [6, 6.07) is -1.02. The average molecular weight is 676 g/mol. The molecule has 4 rings (SSSR count). The van der Waals surface area contributed by atoms with Gasteiger partial charge in [-0.15, -0.1) is 0 Å². The van der Waals surface area contributed by atoms with Crippen LogP contribution in [0.5, 0.6) is 0 Å². The van der Waals surface area contributed by atoms with Crippen LogP contribution >= 0.6 is 0 Å². The molecule has 0 aromatic heterocycles. The first kappa shape index (κ1) is 38.4. The number of esters is 1. The fraction of sp³-hybridized carbons (Fsp3) is 0.784. The molecule has 0 radical (unpaired) electrons. The maximum Gasteiger partial charge on any atom is 0.329 e. The van der Waals surface area contributed by atoms with E-state index < -0.39 is 71.8 Å². The Morgan fingerprint density at radius 3 is 2.38 bits per heavy atom. The molecule has 1 aliphatic carbocycles. The molecular weight excluding hydrogens is 618 g/mol. The zero-order valence-corrected chi connectivity index (χ0v) is 29.0. The van der Waals surface area contributed by atoms with Gasteiger partial charge in [0.05, 0.1) is 18.3 Å². The van der Waals surface area contributed by atoms with E-state index in [-0.39, 0.29) is 30.1 Å². The minimum absolute atomic E-state index is 0.147. The Labute approximate surface area is 284 Å². The Balaban J connectivity index is 1.60. The lowest BCUT2D eigenvalue weighted by Gasteiger charge is -2.43. The number of allylic oxidation sites excluding steroid dienone is 4. The Kier molecular flexibility index (Phi) is 13.6. The zero-order valence-electron chi connectivity index (χ0n) is 29.0. The van der Waals surface area contributed by atoms with Gasteiger partial charge < -0.3 is 34.8 Å². The smallest absolute Gasteiger partial charge is 0.329 e. The second kappa shape index (κ2) is 17.0. The Bertz CT molecular complexity index is 1200. The summed E-state index contributed by atoms with van der Waals surface area (Å²) in [6.07, 6.45) is 9.22. The normalized spacial score (nSPS) is 41.8. The number of hydrogen-bond donors (Lipinski definition) is 4. The second-order valence-electron chi connectivity index (χ2n) is 14.9. The van der Waals surface area contributed by atoms with Gasteiger partial charge in [0.15, 0.2) is 5.78 Å². The maximum absolute atomic E-state index is 13.9. The lowest BCUT2D eigenvalue weighted by Crippen LogP contribution is -2.61. The largest absolute Gasteiger partial charge is 0.461 e. The minimum Gasteiger partial charge on any atom is -0.461 e. The number of cyclic esters (lactones) is 1. The molecule has 11 nitrogen and oxygen atoms in total. The van der Waals surface area contributed by atoms with E-state index in [1.807, 2.05) is 13.0 Å². The molecule has 0 spiro atoms. The molecule has 4 aliphatic rings. The third kappa shape index (κ3) is 9.01. The Morgan fingerprint density at radius 1 is 0.896 bits per heavy atom. The molecule has 3 fully saturated rings. The van der Waals surface area contributed by atoms with Crippen LogP contribution in [0.25, 0.3) is 0 Å². The predicted molar refractivity (Wildman–Crippen MR) is 177 cm³/mol. The van der Waals surface area contributed by atoms with E-state index in [0.29, 0.717) is 70.6 Å². The number of aliphatic hydroxyl groups excluding tert-OH is 3. The van der Waals surface area contributed by atoms with Crippen LogP contribution in [0.15, 0.2) is 24.3 Å². The molecule has 11 heteroatoms. The van der Waals surface area contributed by atoms with Crippen LogP contribution in [-0.4, -0.2) is 97.7 Å². The van der Waals surface area contributed by atoms with Crippen molar-refractivity contribution in [3.8, 4) is 0 Å². The number of fused-ring (bicyclic) bond motifs is 3. The second-order valence-corrected chi connectivity index (χ2v) is 14.9. The fourth-order valence-corrected chi connectivity index (χ4v) is 7.73. The number of ketones is 2. The van der Waals surface area contributed by atoms with Gasteiger partial charge >= 0.3 is 5.97 Å². The van der Waals surface area contributed by atoms with E-state index in [1.165, 1.54) is 11.0 Å². The van der Waals surface area contributed by atoms with E-state index in [1.54, 1.807) is 13.8 Å². The molecule has 2 saturated heterocycles. The highest BCUT2D eigenvalue weighted by Gasteiger charge is 2.53. The first-order chi connectivity index (χ1) is 22.7. The van der Waals surface area contributed by atoms with Crippen molar-refractivity contribution in [2.24, 2.45) is 29.6 Å². The van der Waals surface area contributed by atoms with E-state index in [0.717, 1.165) is 6.42 Å². The summed E-state index contributed by atoms with van der Waals surface area (Å²) >= 11 is 0. The Hall–Kier alpha value is -2.44. The van der Waals surface area contributed by atoms with Gasteiger partial charge in [0.25, 0.3) is 11.7 Å². The van der Waals surface area contributed by atoms with Crippen LogP contribution in [0.2, 0.25) is 0 Å². The van der Waals surface area contributed by atoms with Crippen molar-refractivity contribution in [3.63, 3.8) is 0 Å². The number of Topliss-reactive ketones (excluding diaryl/α,β-unsaturated/α-hetero) is 1. The van der Waals surface area contributed by atoms with Crippen LogP contribution < -0.4 is 0 Å². The van der Waals surface area contributed by atoms with E-state index in [9.17, 15) is 39.6 Å². The number of aliphatic hydroxyl groups is 4. The van der Waals surface area contributed by atoms with Crippen molar-refractivity contribution in [3.05, 3.63) is 24.3 Å². The molecule has 3 heterocycles. The number of amides is 1. The summed E-state index contributed by atoms with van der Waals surface area (Å²) in [5.41, 5.74) is 0. The quantitative estimate of drug-likeness (QED) is 0.198. The first-order valence-electron chi connectivity index (χ1n) is 18.1. The molecule has 1 amide bonds. The number of ether oxygens (including phenoxy) is 2. The summed E-state index contributed by atoms with van der Waals surface area (Å²) in [4.78, 5) is 55.7. The van der Waals surface area contributed by atoms with E-state index >= 15 is 0 Å². The molecule has 0 aromatic carbocycles. The summed E-state index contributed by atoms with van der Waals surface area (Å²) in [7, 11) is 0. The van der Waals surface area contributed by atoms with Gasteiger partial charge in [-0.2, -0.15) is 0 Å². The summed E-state index contributed by atoms with van der Waals surface area (Å²) in [5, 5.41) is 42.6. The van der Waals surface area contributed by atoms with Crippen LogP contribution in [0.1, 0.15) is 105 Å². The maximum atomic E-state index is 13.9. The number of piperidine rings is 1.